The van der Waals surface area contributed by atoms with Gasteiger partial charge in [-0.3, -0.25) is 9.89 Å². The monoisotopic (exact) mass is 497 g/mol. The number of ether oxygens (including phenoxy) is 1. The second-order valence-electron chi connectivity index (χ2n) is 9.65. The van der Waals surface area contributed by atoms with Crippen molar-refractivity contribution in [2.24, 2.45) is 0 Å². The van der Waals surface area contributed by atoms with E-state index in [0.29, 0.717) is 40.3 Å². The molecule has 0 unspecified atom stereocenters. The first-order chi connectivity index (χ1) is 17.3. The van der Waals surface area contributed by atoms with Crippen LogP contribution < -0.4 is 4.74 Å². The van der Waals surface area contributed by atoms with Gasteiger partial charge in [-0.05, 0) is 54.9 Å². The summed E-state index contributed by atoms with van der Waals surface area (Å²) in [5.74, 6) is -1.57. The molecule has 0 aliphatic rings. The number of fused-ring (bicyclic) bond motifs is 2. The minimum absolute atomic E-state index is 0.0166. The zero-order valence-corrected chi connectivity index (χ0v) is 21.2. The number of halogens is 2. The Hall–Kier alpha value is -3.42. The number of benzene rings is 2. The van der Waals surface area contributed by atoms with Crippen molar-refractivity contribution in [3.8, 4) is 11.4 Å². The van der Waals surface area contributed by atoms with Crippen LogP contribution in [0, 0.1) is 11.6 Å². The molecule has 0 bridgehead atoms. The van der Waals surface area contributed by atoms with Crippen molar-refractivity contribution in [2.45, 2.75) is 71.1 Å². The summed E-state index contributed by atoms with van der Waals surface area (Å²) in [4.78, 5) is 11.2. The fraction of sp³-hybridized carbons (Fsp3) is 0.429. The topological polar surface area (TPSA) is 80.1 Å². The van der Waals surface area contributed by atoms with Gasteiger partial charge in [-0.15, -0.1) is 0 Å². The van der Waals surface area contributed by atoms with Gasteiger partial charge in [0.2, 0.25) is 0 Å². The molecular weight excluding hydrogens is 464 g/mol. The third-order valence-electron chi connectivity index (χ3n) is 6.88. The molecular formula is C28H33F2N3O3. The average molecular weight is 498 g/mol. The number of carboxylic acid groups (broad SMARTS) is 1. The van der Waals surface area contributed by atoms with E-state index < -0.39 is 11.8 Å². The lowest BCUT2D eigenvalue weighted by molar-refractivity contribution is -0.137. The molecule has 2 aromatic heterocycles. The summed E-state index contributed by atoms with van der Waals surface area (Å²) in [6.07, 6.45) is 5.55. The third kappa shape index (κ3) is 4.68. The molecule has 0 spiro atoms. The maximum atomic E-state index is 16.2. The molecule has 8 heteroatoms. The molecule has 1 atom stereocenters. The molecule has 4 rings (SSSR count). The SMILES string of the molecule is CCCC[C@H](CCCC(=O)O)c1c(C(C)C)n(-c2ccc(F)c(OC)c2)c2cc3cn[nH]c3c(F)c12. The van der Waals surface area contributed by atoms with Crippen LogP contribution in [0.3, 0.4) is 0 Å². The van der Waals surface area contributed by atoms with E-state index in [-0.39, 0.29) is 29.8 Å². The number of carboxylic acids is 1. The molecule has 0 radical (unpaired) electrons. The lowest BCUT2D eigenvalue weighted by atomic mass is 9.84. The predicted octanol–water partition coefficient (Wildman–Crippen LogP) is 7.45. The first-order valence-corrected chi connectivity index (χ1v) is 12.5. The fourth-order valence-electron chi connectivity index (χ4n) is 5.28. The van der Waals surface area contributed by atoms with Crippen molar-refractivity contribution in [1.82, 2.24) is 14.8 Å². The second kappa shape index (κ2) is 10.7. The number of rotatable bonds is 11. The minimum atomic E-state index is -0.834. The van der Waals surface area contributed by atoms with E-state index in [1.54, 1.807) is 18.3 Å². The molecule has 4 aromatic rings. The standard InChI is InChI=1S/C28H33F2N3O3/c1-5-6-8-17(9-7-10-23(34)35)24-25-21(13-18-15-31-32-27(18)26(25)30)33(28(24)16(2)3)19-11-12-20(29)22(14-19)36-4/h11-17H,5-10H2,1-4H3,(H,31,32)(H,34,35)/t17-/m1/s1. The summed E-state index contributed by atoms with van der Waals surface area (Å²) in [6, 6.07) is 6.58. The van der Waals surface area contributed by atoms with E-state index >= 15 is 4.39 Å². The zero-order chi connectivity index (χ0) is 26.0. The highest BCUT2D eigenvalue weighted by molar-refractivity contribution is 5.99. The van der Waals surface area contributed by atoms with Crippen LogP contribution in [0.2, 0.25) is 0 Å². The molecule has 2 N–H and O–H groups in total. The molecule has 2 aromatic carbocycles. The van der Waals surface area contributed by atoms with Gasteiger partial charge in [0, 0.05) is 34.6 Å². The Morgan fingerprint density at radius 3 is 2.61 bits per heavy atom. The van der Waals surface area contributed by atoms with E-state index in [0.717, 1.165) is 30.5 Å². The van der Waals surface area contributed by atoms with Gasteiger partial charge in [0.1, 0.15) is 5.52 Å². The summed E-state index contributed by atoms with van der Waals surface area (Å²) in [6.45, 7) is 6.24. The van der Waals surface area contributed by atoms with Crippen molar-refractivity contribution in [3.05, 3.63) is 53.4 Å². The molecule has 6 nitrogen and oxygen atoms in total. The number of H-pyrrole nitrogens is 1. The third-order valence-corrected chi connectivity index (χ3v) is 6.88. The predicted molar refractivity (Wildman–Crippen MR) is 137 cm³/mol. The highest BCUT2D eigenvalue weighted by Crippen LogP contribution is 2.44. The maximum absolute atomic E-state index is 16.2. The number of hydrogen-bond donors (Lipinski definition) is 2. The van der Waals surface area contributed by atoms with Crippen LogP contribution in [0.5, 0.6) is 5.75 Å². The van der Waals surface area contributed by atoms with Crippen molar-refractivity contribution in [2.75, 3.05) is 7.11 Å². The van der Waals surface area contributed by atoms with Gasteiger partial charge >= 0.3 is 5.97 Å². The van der Waals surface area contributed by atoms with E-state index in [1.165, 1.54) is 13.2 Å². The molecule has 2 heterocycles. The van der Waals surface area contributed by atoms with Gasteiger partial charge in [-0.1, -0.05) is 33.6 Å². The van der Waals surface area contributed by atoms with Crippen LogP contribution in [0.1, 0.15) is 82.4 Å². The van der Waals surface area contributed by atoms with Gasteiger partial charge < -0.3 is 14.4 Å². The van der Waals surface area contributed by atoms with Gasteiger partial charge in [0.15, 0.2) is 17.4 Å². The number of unbranched alkanes of at least 4 members (excludes halogenated alkanes) is 1. The van der Waals surface area contributed by atoms with Crippen LogP contribution >= 0.6 is 0 Å². The van der Waals surface area contributed by atoms with Crippen molar-refractivity contribution >= 4 is 27.8 Å². The second-order valence-corrected chi connectivity index (χ2v) is 9.65. The van der Waals surface area contributed by atoms with Crippen LogP contribution in [0.15, 0.2) is 30.5 Å². The molecule has 0 fully saturated rings. The Labute approximate surface area is 209 Å². The van der Waals surface area contributed by atoms with E-state index in [9.17, 15) is 14.3 Å². The number of nitrogens with one attached hydrogen (secondary N) is 1. The van der Waals surface area contributed by atoms with Gasteiger partial charge in [0.25, 0.3) is 0 Å². The number of aliphatic carboxylic acids is 1. The van der Waals surface area contributed by atoms with E-state index in [1.807, 2.05) is 10.6 Å². The van der Waals surface area contributed by atoms with Crippen molar-refractivity contribution in [1.29, 1.82) is 0 Å². The van der Waals surface area contributed by atoms with Crippen LogP contribution in [0.25, 0.3) is 27.5 Å². The Kier molecular flexibility index (Phi) is 7.62. The van der Waals surface area contributed by atoms with Gasteiger partial charge in [-0.25, -0.2) is 8.78 Å². The number of nitrogens with zero attached hydrogens (tertiary/aromatic N) is 2. The van der Waals surface area contributed by atoms with Crippen LogP contribution in [-0.2, 0) is 4.79 Å². The number of hydrogen-bond acceptors (Lipinski definition) is 3. The summed E-state index contributed by atoms with van der Waals surface area (Å²) in [7, 11) is 1.42. The van der Waals surface area contributed by atoms with Crippen molar-refractivity contribution in [3.63, 3.8) is 0 Å². The molecule has 0 amide bonds. The summed E-state index contributed by atoms with van der Waals surface area (Å²) in [5.41, 5.74) is 3.53. The molecule has 0 saturated carbocycles. The normalized spacial score (nSPS) is 12.6. The van der Waals surface area contributed by atoms with Crippen molar-refractivity contribution < 1.29 is 23.4 Å². The fourth-order valence-corrected chi connectivity index (χ4v) is 5.28. The Bertz CT molecular complexity index is 1390. The Morgan fingerprint density at radius 1 is 1.19 bits per heavy atom. The number of aromatic nitrogens is 3. The highest BCUT2D eigenvalue weighted by atomic mass is 19.1. The zero-order valence-electron chi connectivity index (χ0n) is 21.2. The smallest absolute Gasteiger partial charge is 0.303 e. The Morgan fingerprint density at radius 2 is 1.94 bits per heavy atom. The lowest BCUT2D eigenvalue weighted by Gasteiger charge is -2.22. The largest absolute Gasteiger partial charge is 0.494 e. The molecule has 192 valence electrons. The Balaban J connectivity index is 2.07. The number of carbonyl (C=O) groups is 1. The van der Waals surface area contributed by atoms with Gasteiger partial charge in [0.05, 0.1) is 18.8 Å². The van der Waals surface area contributed by atoms with E-state index in [2.05, 4.69) is 31.0 Å². The summed E-state index contributed by atoms with van der Waals surface area (Å²) < 4.78 is 37.8. The first kappa shape index (κ1) is 25.7. The molecule has 36 heavy (non-hydrogen) atoms. The molecule has 0 saturated heterocycles. The average Bonchev–Trinajstić information content (AvgIpc) is 3.45. The first-order valence-electron chi connectivity index (χ1n) is 12.5. The minimum Gasteiger partial charge on any atom is -0.494 e. The van der Waals surface area contributed by atoms with E-state index in [4.69, 9.17) is 4.74 Å². The summed E-state index contributed by atoms with van der Waals surface area (Å²) >= 11 is 0. The quantitative estimate of drug-likeness (QED) is 0.226. The lowest BCUT2D eigenvalue weighted by Crippen LogP contribution is -2.09. The highest BCUT2D eigenvalue weighted by Gasteiger charge is 2.30. The number of methoxy groups -OCH3 is 1. The maximum Gasteiger partial charge on any atom is 0.303 e. The molecule has 0 aliphatic carbocycles. The van der Waals surface area contributed by atoms with Gasteiger partial charge in [-0.2, -0.15) is 5.10 Å². The summed E-state index contributed by atoms with van der Waals surface area (Å²) in [5, 5.41) is 17.2. The van der Waals surface area contributed by atoms with Crippen LogP contribution in [0.4, 0.5) is 8.78 Å². The number of aromatic amines is 1. The molecule has 0 aliphatic heterocycles. The van der Waals surface area contributed by atoms with Crippen LogP contribution in [-0.4, -0.2) is 33.0 Å².